The van der Waals surface area contributed by atoms with Crippen LogP contribution in [-0.4, -0.2) is 16.9 Å². The van der Waals surface area contributed by atoms with Crippen LogP contribution < -0.4 is 10.1 Å². The number of rotatable bonds is 7. The number of benzene rings is 3. The van der Waals surface area contributed by atoms with Crippen LogP contribution >= 0.6 is 0 Å². The molecule has 3 aromatic carbocycles. The van der Waals surface area contributed by atoms with Crippen molar-refractivity contribution in [1.29, 1.82) is 0 Å². The van der Waals surface area contributed by atoms with Crippen LogP contribution in [0.25, 0.3) is 11.1 Å². The standard InChI is InChI=1S/C23H22N2O4/c1-3-22(23(26)24-21-15-19(25(27)28)12-9-16(21)2)29-20-13-10-18(11-14-20)17-7-5-4-6-8-17/h4-15,22H,3H2,1-2H3,(H,24,26). The van der Waals surface area contributed by atoms with E-state index in [0.29, 0.717) is 17.9 Å². The third-order valence-electron chi connectivity index (χ3n) is 4.59. The average Bonchev–Trinajstić information content (AvgIpc) is 2.74. The normalized spacial score (nSPS) is 11.5. The first-order valence-corrected chi connectivity index (χ1v) is 9.36. The number of amides is 1. The number of hydrogen-bond donors (Lipinski definition) is 1. The summed E-state index contributed by atoms with van der Waals surface area (Å²) in [6.45, 7) is 3.63. The van der Waals surface area contributed by atoms with Gasteiger partial charge in [0.15, 0.2) is 6.10 Å². The average molecular weight is 390 g/mol. The first-order chi connectivity index (χ1) is 14.0. The molecule has 0 spiro atoms. The summed E-state index contributed by atoms with van der Waals surface area (Å²) in [6.07, 6.45) is -0.253. The van der Waals surface area contributed by atoms with Crippen LogP contribution in [-0.2, 0) is 4.79 Å². The number of aryl methyl sites for hydroxylation is 1. The number of nitro benzene ring substituents is 1. The van der Waals surface area contributed by atoms with Crippen LogP contribution in [0.4, 0.5) is 11.4 Å². The molecule has 1 atom stereocenters. The van der Waals surface area contributed by atoms with Crippen LogP contribution in [0.15, 0.2) is 72.8 Å². The van der Waals surface area contributed by atoms with Crippen LogP contribution in [0, 0.1) is 17.0 Å². The van der Waals surface area contributed by atoms with Crippen molar-refractivity contribution < 1.29 is 14.5 Å². The topological polar surface area (TPSA) is 81.5 Å². The van der Waals surface area contributed by atoms with E-state index in [0.717, 1.165) is 16.7 Å². The number of carbonyl (C=O) groups is 1. The predicted molar refractivity (Wildman–Crippen MR) is 113 cm³/mol. The molecular weight excluding hydrogens is 368 g/mol. The maximum Gasteiger partial charge on any atom is 0.271 e. The Morgan fingerprint density at radius 1 is 1.03 bits per heavy atom. The number of nitrogens with zero attached hydrogens (tertiary/aromatic N) is 1. The number of anilines is 1. The van der Waals surface area contributed by atoms with Crippen molar-refractivity contribution in [2.24, 2.45) is 0 Å². The number of non-ortho nitro benzene ring substituents is 1. The molecular formula is C23H22N2O4. The van der Waals surface area contributed by atoms with E-state index in [1.54, 1.807) is 13.0 Å². The zero-order chi connectivity index (χ0) is 20.8. The SMILES string of the molecule is CCC(Oc1ccc(-c2ccccc2)cc1)C(=O)Nc1cc([N+](=O)[O-])ccc1C. The number of hydrogen-bond acceptors (Lipinski definition) is 4. The van der Waals surface area contributed by atoms with Crippen molar-refractivity contribution in [3.8, 4) is 16.9 Å². The molecule has 0 aliphatic carbocycles. The summed E-state index contributed by atoms with van der Waals surface area (Å²) in [5.74, 6) is 0.241. The Morgan fingerprint density at radius 2 is 1.69 bits per heavy atom. The fraction of sp³-hybridized carbons (Fsp3) is 0.174. The second-order valence-electron chi connectivity index (χ2n) is 6.65. The molecule has 0 saturated carbocycles. The van der Waals surface area contributed by atoms with E-state index in [-0.39, 0.29) is 11.6 Å². The molecule has 3 rings (SSSR count). The van der Waals surface area contributed by atoms with Gasteiger partial charge in [0.1, 0.15) is 5.75 Å². The largest absolute Gasteiger partial charge is 0.481 e. The highest BCUT2D eigenvalue weighted by Gasteiger charge is 2.20. The Bertz CT molecular complexity index is 1000. The van der Waals surface area contributed by atoms with Crippen LogP contribution in [0.5, 0.6) is 5.75 Å². The summed E-state index contributed by atoms with van der Waals surface area (Å²) < 4.78 is 5.86. The highest BCUT2D eigenvalue weighted by atomic mass is 16.6. The molecule has 6 nitrogen and oxygen atoms in total. The lowest BCUT2D eigenvalue weighted by atomic mass is 10.1. The molecule has 1 N–H and O–H groups in total. The summed E-state index contributed by atoms with van der Waals surface area (Å²) >= 11 is 0. The summed E-state index contributed by atoms with van der Waals surface area (Å²) in [5, 5.41) is 13.7. The van der Waals surface area contributed by atoms with E-state index in [1.807, 2.05) is 61.5 Å². The van der Waals surface area contributed by atoms with E-state index in [1.165, 1.54) is 12.1 Å². The van der Waals surface area contributed by atoms with E-state index >= 15 is 0 Å². The lowest BCUT2D eigenvalue weighted by Crippen LogP contribution is -2.32. The maximum absolute atomic E-state index is 12.7. The highest BCUT2D eigenvalue weighted by Crippen LogP contribution is 2.25. The molecule has 29 heavy (non-hydrogen) atoms. The lowest BCUT2D eigenvalue weighted by Gasteiger charge is -2.18. The second kappa shape index (κ2) is 9.01. The van der Waals surface area contributed by atoms with Gasteiger partial charge in [-0.2, -0.15) is 0 Å². The van der Waals surface area contributed by atoms with Crippen molar-refractivity contribution in [2.75, 3.05) is 5.32 Å². The van der Waals surface area contributed by atoms with Gasteiger partial charge >= 0.3 is 0 Å². The second-order valence-corrected chi connectivity index (χ2v) is 6.65. The summed E-state index contributed by atoms with van der Waals surface area (Å²) in [6, 6.07) is 21.9. The molecule has 6 heteroatoms. The summed E-state index contributed by atoms with van der Waals surface area (Å²) in [7, 11) is 0. The minimum Gasteiger partial charge on any atom is -0.481 e. The first kappa shape index (κ1) is 20.1. The molecule has 0 heterocycles. The highest BCUT2D eigenvalue weighted by molar-refractivity contribution is 5.95. The third-order valence-corrected chi connectivity index (χ3v) is 4.59. The van der Waals surface area contributed by atoms with Gasteiger partial charge in [-0.05, 0) is 42.2 Å². The Morgan fingerprint density at radius 3 is 2.31 bits per heavy atom. The van der Waals surface area contributed by atoms with E-state index < -0.39 is 11.0 Å². The molecule has 0 aliphatic heterocycles. The van der Waals surface area contributed by atoms with Gasteiger partial charge in [0.25, 0.3) is 11.6 Å². The van der Waals surface area contributed by atoms with E-state index in [2.05, 4.69) is 5.32 Å². The van der Waals surface area contributed by atoms with Gasteiger partial charge in [0.05, 0.1) is 10.6 Å². The Labute approximate surface area is 169 Å². The molecule has 148 valence electrons. The zero-order valence-corrected chi connectivity index (χ0v) is 16.3. The van der Waals surface area contributed by atoms with Crippen molar-refractivity contribution >= 4 is 17.3 Å². The van der Waals surface area contributed by atoms with Crippen LogP contribution in [0.2, 0.25) is 0 Å². The predicted octanol–water partition coefficient (Wildman–Crippen LogP) is 5.37. The smallest absolute Gasteiger partial charge is 0.271 e. The minimum absolute atomic E-state index is 0.0728. The fourth-order valence-corrected chi connectivity index (χ4v) is 2.91. The summed E-state index contributed by atoms with van der Waals surface area (Å²) in [5.41, 5.74) is 3.24. The van der Waals surface area contributed by atoms with Crippen molar-refractivity contribution in [3.63, 3.8) is 0 Å². The fourth-order valence-electron chi connectivity index (χ4n) is 2.91. The van der Waals surface area contributed by atoms with Gasteiger partial charge in [0, 0.05) is 12.1 Å². The van der Waals surface area contributed by atoms with Crippen molar-refractivity contribution in [2.45, 2.75) is 26.4 Å². The zero-order valence-electron chi connectivity index (χ0n) is 16.3. The first-order valence-electron chi connectivity index (χ1n) is 9.36. The monoisotopic (exact) mass is 390 g/mol. The number of carbonyl (C=O) groups excluding carboxylic acids is 1. The third kappa shape index (κ3) is 4.99. The van der Waals surface area contributed by atoms with Crippen LogP contribution in [0.1, 0.15) is 18.9 Å². The van der Waals surface area contributed by atoms with Gasteiger partial charge in [-0.3, -0.25) is 14.9 Å². The van der Waals surface area contributed by atoms with Gasteiger partial charge in [-0.1, -0.05) is 55.5 Å². The molecule has 1 unspecified atom stereocenters. The number of nitrogens with one attached hydrogen (secondary N) is 1. The van der Waals surface area contributed by atoms with Gasteiger partial charge in [0.2, 0.25) is 0 Å². The quantitative estimate of drug-likeness (QED) is 0.434. The number of nitro groups is 1. The minimum atomic E-state index is -0.712. The molecule has 0 fully saturated rings. The molecule has 0 aromatic heterocycles. The molecule has 0 saturated heterocycles. The van der Waals surface area contributed by atoms with E-state index in [9.17, 15) is 14.9 Å². The van der Waals surface area contributed by atoms with Gasteiger partial charge < -0.3 is 10.1 Å². The molecule has 0 bridgehead atoms. The Hall–Kier alpha value is -3.67. The maximum atomic E-state index is 12.7. The van der Waals surface area contributed by atoms with Crippen molar-refractivity contribution in [3.05, 3.63) is 88.5 Å². The lowest BCUT2D eigenvalue weighted by molar-refractivity contribution is -0.384. The Balaban J connectivity index is 1.70. The van der Waals surface area contributed by atoms with E-state index in [4.69, 9.17) is 4.74 Å². The summed E-state index contributed by atoms with van der Waals surface area (Å²) in [4.78, 5) is 23.2. The number of ether oxygens (including phenoxy) is 1. The Kier molecular flexibility index (Phi) is 6.24. The van der Waals surface area contributed by atoms with Crippen molar-refractivity contribution in [1.82, 2.24) is 0 Å². The van der Waals surface area contributed by atoms with Crippen LogP contribution in [0.3, 0.4) is 0 Å². The molecule has 3 aromatic rings. The van der Waals surface area contributed by atoms with Gasteiger partial charge in [-0.15, -0.1) is 0 Å². The molecule has 0 aliphatic rings. The van der Waals surface area contributed by atoms with Gasteiger partial charge in [-0.25, -0.2) is 0 Å². The molecule has 1 amide bonds. The molecule has 0 radical (unpaired) electrons.